The molecular weight excluding hydrogens is 306 g/mol. The fraction of sp³-hybridized carbons (Fsp3) is 0.538. The fourth-order valence-corrected chi connectivity index (χ4v) is 3.87. The number of hydrogen-bond acceptors (Lipinski definition) is 6. The number of carbonyl (C=O) groups is 1. The molecule has 0 spiro atoms. The Bertz CT molecular complexity index is 613. The predicted molar refractivity (Wildman–Crippen MR) is 83.9 cm³/mol. The minimum atomic E-state index is -0.0612. The number of aromatic nitrogens is 4. The Hall–Kier alpha value is -1.41. The maximum atomic E-state index is 11.9. The Labute approximate surface area is 131 Å². The summed E-state index contributed by atoms with van der Waals surface area (Å²) >= 11 is 2.93. The number of H-pyrrole nitrogens is 1. The number of thioether (sulfide) groups is 1. The van der Waals surface area contributed by atoms with Gasteiger partial charge in [0.2, 0.25) is 11.1 Å². The van der Waals surface area contributed by atoms with Gasteiger partial charge in [0, 0.05) is 11.3 Å². The van der Waals surface area contributed by atoms with Crippen LogP contribution in [-0.4, -0.2) is 31.8 Å². The minimum Gasteiger partial charge on any atom is -0.301 e. The van der Waals surface area contributed by atoms with Crippen LogP contribution in [0.15, 0.2) is 5.16 Å². The molecule has 1 aliphatic rings. The molecule has 0 aliphatic heterocycles. The SMILES string of the molecule is CCc1nc(SCC(=O)Nc2nc3c(s2)CCCC3)n[nH]1. The van der Waals surface area contributed by atoms with E-state index in [-0.39, 0.29) is 5.91 Å². The minimum absolute atomic E-state index is 0.0612. The molecule has 0 unspecified atom stereocenters. The molecule has 21 heavy (non-hydrogen) atoms. The van der Waals surface area contributed by atoms with Crippen molar-refractivity contribution in [3.05, 3.63) is 16.4 Å². The molecule has 0 bridgehead atoms. The lowest BCUT2D eigenvalue weighted by atomic mass is 10.0. The van der Waals surface area contributed by atoms with E-state index in [4.69, 9.17) is 0 Å². The molecule has 0 radical (unpaired) electrons. The monoisotopic (exact) mass is 323 g/mol. The number of aromatic amines is 1. The van der Waals surface area contributed by atoms with E-state index in [0.29, 0.717) is 10.9 Å². The fourth-order valence-electron chi connectivity index (χ4n) is 2.19. The zero-order chi connectivity index (χ0) is 14.7. The number of carbonyl (C=O) groups excluding carboxylic acids is 1. The van der Waals surface area contributed by atoms with Crippen LogP contribution in [-0.2, 0) is 24.1 Å². The van der Waals surface area contributed by atoms with Gasteiger partial charge in [0.25, 0.3) is 0 Å². The third kappa shape index (κ3) is 3.62. The van der Waals surface area contributed by atoms with E-state index in [1.165, 1.54) is 29.5 Å². The highest BCUT2D eigenvalue weighted by molar-refractivity contribution is 7.99. The van der Waals surface area contributed by atoms with Gasteiger partial charge in [-0.2, -0.15) is 0 Å². The third-order valence-electron chi connectivity index (χ3n) is 3.27. The van der Waals surface area contributed by atoms with Crippen molar-refractivity contribution in [2.45, 2.75) is 44.2 Å². The van der Waals surface area contributed by atoms with E-state index < -0.39 is 0 Å². The Balaban J connectivity index is 1.53. The molecular formula is C13H17N5OS2. The van der Waals surface area contributed by atoms with Crippen LogP contribution in [0.4, 0.5) is 5.13 Å². The average Bonchev–Trinajstić information content (AvgIpc) is 3.10. The van der Waals surface area contributed by atoms with Crippen molar-refractivity contribution in [1.82, 2.24) is 20.2 Å². The second-order valence-corrected chi connectivity index (χ2v) is 6.88. The zero-order valence-corrected chi connectivity index (χ0v) is 13.4. The summed E-state index contributed by atoms with van der Waals surface area (Å²) < 4.78 is 0. The van der Waals surface area contributed by atoms with Gasteiger partial charge in [0.15, 0.2) is 5.13 Å². The number of nitrogens with one attached hydrogen (secondary N) is 2. The Morgan fingerprint density at radius 2 is 2.24 bits per heavy atom. The number of thiazole rings is 1. The van der Waals surface area contributed by atoms with Crippen LogP contribution in [0.5, 0.6) is 0 Å². The van der Waals surface area contributed by atoms with Crippen LogP contribution < -0.4 is 5.32 Å². The van der Waals surface area contributed by atoms with Crippen LogP contribution in [0.3, 0.4) is 0 Å². The van der Waals surface area contributed by atoms with Crippen molar-refractivity contribution in [3.63, 3.8) is 0 Å². The Morgan fingerprint density at radius 1 is 1.38 bits per heavy atom. The molecule has 2 aromatic rings. The third-order valence-corrected chi connectivity index (χ3v) is 5.19. The lowest BCUT2D eigenvalue weighted by Gasteiger charge is -2.06. The second-order valence-electron chi connectivity index (χ2n) is 4.85. The smallest absolute Gasteiger partial charge is 0.236 e. The van der Waals surface area contributed by atoms with Gasteiger partial charge >= 0.3 is 0 Å². The van der Waals surface area contributed by atoms with Gasteiger partial charge < -0.3 is 5.32 Å². The topological polar surface area (TPSA) is 83.6 Å². The molecule has 3 rings (SSSR count). The van der Waals surface area contributed by atoms with E-state index >= 15 is 0 Å². The van der Waals surface area contributed by atoms with Crippen LogP contribution in [0.1, 0.15) is 36.2 Å². The molecule has 1 amide bonds. The number of anilines is 1. The molecule has 8 heteroatoms. The van der Waals surface area contributed by atoms with Gasteiger partial charge in [-0.3, -0.25) is 9.89 Å². The van der Waals surface area contributed by atoms with E-state index in [2.05, 4.69) is 25.5 Å². The lowest BCUT2D eigenvalue weighted by Crippen LogP contribution is -2.14. The van der Waals surface area contributed by atoms with Crippen LogP contribution in [0.2, 0.25) is 0 Å². The van der Waals surface area contributed by atoms with Gasteiger partial charge in [-0.05, 0) is 25.7 Å². The molecule has 0 saturated heterocycles. The van der Waals surface area contributed by atoms with Crippen molar-refractivity contribution in [2.24, 2.45) is 0 Å². The van der Waals surface area contributed by atoms with Gasteiger partial charge in [-0.25, -0.2) is 9.97 Å². The summed E-state index contributed by atoms with van der Waals surface area (Å²) in [7, 11) is 0. The number of amides is 1. The first-order valence-corrected chi connectivity index (χ1v) is 8.87. The summed E-state index contributed by atoms with van der Waals surface area (Å²) in [5.74, 6) is 1.07. The molecule has 1 aliphatic carbocycles. The first-order valence-electron chi connectivity index (χ1n) is 7.07. The van der Waals surface area contributed by atoms with Crippen LogP contribution in [0.25, 0.3) is 0 Å². The predicted octanol–water partition coefficient (Wildman–Crippen LogP) is 2.43. The van der Waals surface area contributed by atoms with Crippen molar-refractivity contribution in [1.29, 1.82) is 0 Å². The van der Waals surface area contributed by atoms with Gasteiger partial charge in [0.05, 0.1) is 11.4 Å². The highest BCUT2D eigenvalue weighted by atomic mass is 32.2. The number of nitrogens with zero attached hydrogens (tertiary/aromatic N) is 3. The summed E-state index contributed by atoms with van der Waals surface area (Å²) in [5.41, 5.74) is 1.16. The molecule has 112 valence electrons. The first-order chi connectivity index (χ1) is 10.2. The van der Waals surface area contributed by atoms with E-state index in [0.717, 1.165) is 35.9 Å². The highest BCUT2D eigenvalue weighted by Crippen LogP contribution is 2.29. The van der Waals surface area contributed by atoms with Crippen molar-refractivity contribution in [2.75, 3.05) is 11.1 Å². The van der Waals surface area contributed by atoms with Crippen molar-refractivity contribution >= 4 is 34.1 Å². The maximum absolute atomic E-state index is 11.9. The number of hydrogen-bond donors (Lipinski definition) is 2. The van der Waals surface area contributed by atoms with Gasteiger partial charge in [-0.1, -0.05) is 18.7 Å². The van der Waals surface area contributed by atoms with E-state index in [9.17, 15) is 4.79 Å². The highest BCUT2D eigenvalue weighted by Gasteiger charge is 2.16. The number of rotatable bonds is 5. The largest absolute Gasteiger partial charge is 0.301 e. The molecule has 6 nitrogen and oxygen atoms in total. The standard InChI is InChI=1S/C13H17N5OS2/c1-2-10-15-13(18-17-10)20-7-11(19)16-12-14-8-5-3-4-6-9(8)21-12/h2-7H2,1H3,(H,14,16,19)(H,15,17,18). The Kier molecular flexibility index (Phi) is 4.54. The molecule has 2 aromatic heterocycles. The normalized spacial score (nSPS) is 14.0. The van der Waals surface area contributed by atoms with Crippen LogP contribution in [0, 0.1) is 0 Å². The quantitative estimate of drug-likeness (QED) is 0.826. The van der Waals surface area contributed by atoms with Crippen molar-refractivity contribution < 1.29 is 4.79 Å². The molecule has 0 fully saturated rings. The molecule has 2 heterocycles. The van der Waals surface area contributed by atoms with Crippen LogP contribution >= 0.6 is 23.1 Å². The number of fused-ring (bicyclic) bond motifs is 1. The zero-order valence-electron chi connectivity index (χ0n) is 11.8. The molecule has 2 N–H and O–H groups in total. The maximum Gasteiger partial charge on any atom is 0.236 e. The summed E-state index contributed by atoms with van der Waals surface area (Å²) in [6.45, 7) is 2.01. The van der Waals surface area contributed by atoms with E-state index in [1.807, 2.05) is 6.92 Å². The molecule has 0 aromatic carbocycles. The molecule has 0 atom stereocenters. The van der Waals surface area contributed by atoms with Gasteiger partial charge in [0.1, 0.15) is 5.82 Å². The van der Waals surface area contributed by atoms with Gasteiger partial charge in [-0.15, -0.1) is 16.4 Å². The molecule has 0 saturated carbocycles. The second kappa shape index (κ2) is 6.57. The van der Waals surface area contributed by atoms with Crippen molar-refractivity contribution in [3.8, 4) is 0 Å². The summed E-state index contributed by atoms with van der Waals surface area (Å²) in [4.78, 5) is 22.0. The lowest BCUT2D eigenvalue weighted by molar-refractivity contribution is -0.113. The van der Waals surface area contributed by atoms with E-state index in [1.54, 1.807) is 11.3 Å². The first kappa shape index (κ1) is 14.5. The number of aryl methyl sites for hydroxylation is 3. The summed E-state index contributed by atoms with van der Waals surface area (Å²) in [6, 6.07) is 0. The Morgan fingerprint density at radius 3 is 3.00 bits per heavy atom. The summed E-state index contributed by atoms with van der Waals surface area (Å²) in [6.07, 6.45) is 5.36. The summed E-state index contributed by atoms with van der Waals surface area (Å²) in [5, 5.41) is 11.1. The average molecular weight is 323 g/mol.